The highest BCUT2D eigenvalue weighted by Crippen LogP contribution is 2.34. The number of nitrogens with zero attached hydrogens (tertiary/aromatic N) is 1. The Balaban J connectivity index is 2.42. The summed E-state index contributed by atoms with van der Waals surface area (Å²) in [5.74, 6) is 0.657. The van der Waals surface area contributed by atoms with E-state index in [1.165, 1.54) is 0 Å². The highest BCUT2D eigenvalue weighted by molar-refractivity contribution is 7.89. The van der Waals surface area contributed by atoms with Crippen molar-refractivity contribution in [3.05, 3.63) is 29.3 Å². The van der Waals surface area contributed by atoms with Gasteiger partial charge in [0.2, 0.25) is 10.0 Å². The molecule has 0 radical (unpaired) electrons. The summed E-state index contributed by atoms with van der Waals surface area (Å²) >= 11 is 5.88. The second-order valence-electron chi connectivity index (χ2n) is 5.87. The molecule has 0 aromatic heterocycles. The molecule has 0 N–H and O–H groups in total. The molecule has 0 aliphatic heterocycles. The third-order valence-electron chi connectivity index (χ3n) is 3.63. The number of rotatable bonds is 6. The van der Waals surface area contributed by atoms with Crippen molar-refractivity contribution in [2.75, 3.05) is 6.54 Å². The van der Waals surface area contributed by atoms with Gasteiger partial charge in [0.1, 0.15) is 0 Å². The Morgan fingerprint density at radius 3 is 2.50 bits per heavy atom. The molecule has 1 aliphatic rings. The van der Waals surface area contributed by atoms with Crippen LogP contribution in [0.15, 0.2) is 23.1 Å². The minimum absolute atomic E-state index is 0.182. The van der Waals surface area contributed by atoms with Crippen LogP contribution in [0, 0.1) is 12.8 Å². The first-order valence-corrected chi connectivity index (χ1v) is 9.01. The van der Waals surface area contributed by atoms with Crippen LogP contribution in [0.4, 0.5) is 0 Å². The molecule has 2 rings (SSSR count). The summed E-state index contributed by atoms with van der Waals surface area (Å²) in [5.41, 5.74) is 1.66. The Kier molecular flexibility index (Phi) is 4.77. The number of halogens is 1. The van der Waals surface area contributed by atoms with Crippen LogP contribution in [0.5, 0.6) is 0 Å². The number of benzene rings is 1. The highest BCUT2D eigenvalue weighted by Gasteiger charge is 2.38. The fraction of sp³-hybridized carbons (Fsp3) is 0.600. The monoisotopic (exact) mass is 315 g/mol. The van der Waals surface area contributed by atoms with E-state index in [0.29, 0.717) is 23.2 Å². The first kappa shape index (κ1) is 15.8. The van der Waals surface area contributed by atoms with Crippen LogP contribution in [0.25, 0.3) is 0 Å². The van der Waals surface area contributed by atoms with Crippen molar-refractivity contribution in [1.29, 1.82) is 0 Å². The molecule has 0 saturated heterocycles. The third kappa shape index (κ3) is 3.18. The summed E-state index contributed by atoms with van der Waals surface area (Å²) in [4.78, 5) is 0.406. The molecule has 1 fully saturated rings. The summed E-state index contributed by atoms with van der Waals surface area (Å²) < 4.78 is 27.5. The van der Waals surface area contributed by atoms with E-state index in [2.05, 4.69) is 0 Å². The van der Waals surface area contributed by atoms with Crippen LogP contribution >= 0.6 is 11.6 Å². The second kappa shape index (κ2) is 6.04. The van der Waals surface area contributed by atoms with Crippen molar-refractivity contribution in [3.8, 4) is 0 Å². The first-order chi connectivity index (χ1) is 9.37. The topological polar surface area (TPSA) is 37.4 Å². The molecule has 20 heavy (non-hydrogen) atoms. The van der Waals surface area contributed by atoms with Crippen molar-refractivity contribution in [3.63, 3.8) is 0 Å². The molecule has 1 saturated carbocycles. The fourth-order valence-corrected chi connectivity index (χ4v) is 4.78. The number of sulfonamides is 1. The van der Waals surface area contributed by atoms with Crippen molar-refractivity contribution in [2.24, 2.45) is 5.92 Å². The van der Waals surface area contributed by atoms with Gasteiger partial charge >= 0.3 is 0 Å². The molecule has 1 aromatic carbocycles. The lowest BCUT2D eigenvalue weighted by molar-refractivity contribution is 0.360. The van der Waals surface area contributed by atoms with Crippen LogP contribution in [0.1, 0.15) is 37.8 Å². The SMILES string of the molecule is Cc1c(CCl)cccc1S(=O)(=O)N(CC(C)C)C1CC1. The number of alkyl halides is 1. The minimum atomic E-state index is -3.42. The minimum Gasteiger partial charge on any atom is -0.207 e. The Labute approximate surface area is 127 Å². The molecule has 1 aliphatic carbocycles. The van der Waals surface area contributed by atoms with E-state index in [1.54, 1.807) is 16.4 Å². The molecule has 0 atom stereocenters. The smallest absolute Gasteiger partial charge is 0.207 e. The highest BCUT2D eigenvalue weighted by atomic mass is 35.5. The van der Waals surface area contributed by atoms with Crippen molar-refractivity contribution < 1.29 is 8.42 Å². The summed E-state index contributed by atoms with van der Waals surface area (Å²) in [6.07, 6.45) is 1.94. The van der Waals surface area contributed by atoms with Gasteiger partial charge in [-0.25, -0.2) is 8.42 Å². The van der Waals surface area contributed by atoms with Gasteiger partial charge < -0.3 is 0 Å². The van der Waals surface area contributed by atoms with E-state index in [1.807, 2.05) is 26.8 Å². The maximum absolute atomic E-state index is 12.9. The van der Waals surface area contributed by atoms with Crippen molar-refractivity contribution >= 4 is 21.6 Å². The fourth-order valence-electron chi connectivity index (χ4n) is 2.38. The van der Waals surface area contributed by atoms with E-state index < -0.39 is 10.0 Å². The van der Waals surface area contributed by atoms with Crippen molar-refractivity contribution in [1.82, 2.24) is 4.31 Å². The van der Waals surface area contributed by atoms with Crippen molar-refractivity contribution in [2.45, 2.75) is 50.4 Å². The predicted octanol–water partition coefficient (Wildman–Crippen LogP) is 3.54. The maximum Gasteiger partial charge on any atom is 0.243 e. The van der Waals surface area contributed by atoms with E-state index in [9.17, 15) is 8.42 Å². The third-order valence-corrected chi connectivity index (χ3v) is 5.98. The van der Waals surface area contributed by atoms with Crippen LogP contribution in [0.2, 0.25) is 0 Å². The van der Waals surface area contributed by atoms with Gasteiger partial charge in [0.15, 0.2) is 0 Å². The molecule has 3 nitrogen and oxygen atoms in total. The Hall–Kier alpha value is -0.580. The average Bonchev–Trinajstić information content (AvgIpc) is 3.19. The van der Waals surface area contributed by atoms with E-state index in [0.717, 1.165) is 24.0 Å². The molecule has 1 aromatic rings. The Morgan fingerprint density at radius 1 is 1.35 bits per heavy atom. The molecule has 5 heteroatoms. The predicted molar refractivity (Wildman–Crippen MR) is 82.5 cm³/mol. The lowest BCUT2D eigenvalue weighted by Gasteiger charge is -2.25. The standard InChI is InChI=1S/C15H22ClNO2S/c1-11(2)10-17(14-7-8-14)20(18,19)15-6-4-5-13(9-16)12(15)3/h4-6,11,14H,7-10H2,1-3H3. The molecule has 112 valence electrons. The van der Waals surface area contributed by atoms with Crippen LogP contribution < -0.4 is 0 Å². The maximum atomic E-state index is 12.9. The second-order valence-corrected chi connectivity index (χ2v) is 8.00. The largest absolute Gasteiger partial charge is 0.243 e. The van der Waals surface area contributed by atoms with Gasteiger partial charge in [-0.3, -0.25) is 0 Å². The Bertz CT molecular complexity index is 580. The average molecular weight is 316 g/mol. The van der Waals surface area contributed by atoms with Gasteiger partial charge in [-0.15, -0.1) is 11.6 Å². The van der Waals surface area contributed by atoms with Crippen LogP contribution in [0.3, 0.4) is 0 Å². The van der Waals surface area contributed by atoms with E-state index in [-0.39, 0.29) is 6.04 Å². The van der Waals surface area contributed by atoms with Crippen LogP contribution in [-0.4, -0.2) is 25.3 Å². The van der Waals surface area contributed by atoms with E-state index >= 15 is 0 Å². The molecule has 0 bridgehead atoms. The molecule has 0 unspecified atom stereocenters. The summed E-state index contributed by atoms with van der Waals surface area (Å²) in [5, 5.41) is 0. The quantitative estimate of drug-likeness (QED) is 0.753. The normalized spacial score (nSPS) is 16.1. The first-order valence-electron chi connectivity index (χ1n) is 7.04. The van der Waals surface area contributed by atoms with Gasteiger partial charge in [-0.1, -0.05) is 26.0 Å². The zero-order chi connectivity index (χ0) is 14.9. The van der Waals surface area contributed by atoms with Gasteiger partial charge in [-0.2, -0.15) is 4.31 Å². The molecule has 0 amide bonds. The van der Waals surface area contributed by atoms with Crippen LogP contribution in [-0.2, 0) is 15.9 Å². The van der Waals surface area contributed by atoms with E-state index in [4.69, 9.17) is 11.6 Å². The lowest BCUT2D eigenvalue weighted by atomic mass is 10.1. The zero-order valence-corrected chi connectivity index (χ0v) is 13.8. The van der Waals surface area contributed by atoms with Gasteiger partial charge in [-0.05, 0) is 42.9 Å². The molecule has 0 spiro atoms. The molecule has 0 heterocycles. The Morgan fingerprint density at radius 2 is 2.00 bits per heavy atom. The lowest BCUT2D eigenvalue weighted by Crippen LogP contribution is -2.36. The zero-order valence-electron chi connectivity index (χ0n) is 12.3. The summed E-state index contributed by atoms with van der Waals surface area (Å²) in [6, 6.07) is 5.53. The summed E-state index contributed by atoms with van der Waals surface area (Å²) in [7, 11) is -3.42. The number of hydrogen-bond acceptors (Lipinski definition) is 2. The van der Waals surface area contributed by atoms with Gasteiger partial charge in [0.25, 0.3) is 0 Å². The molecular formula is C15H22ClNO2S. The van der Waals surface area contributed by atoms with Gasteiger partial charge in [0, 0.05) is 18.5 Å². The number of hydrogen-bond donors (Lipinski definition) is 0. The van der Waals surface area contributed by atoms with Gasteiger partial charge in [0.05, 0.1) is 4.90 Å². The summed E-state index contributed by atoms with van der Waals surface area (Å²) in [6.45, 7) is 6.52. The molecular weight excluding hydrogens is 294 g/mol.